The molecule has 1 unspecified atom stereocenters. The van der Waals surface area contributed by atoms with E-state index in [1.54, 1.807) is 0 Å². The summed E-state index contributed by atoms with van der Waals surface area (Å²) in [5.41, 5.74) is 0.669. The number of piperidine rings is 1. The highest BCUT2D eigenvalue weighted by molar-refractivity contribution is 5.00. The first-order chi connectivity index (χ1) is 9.88. The topological polar surface area (TPSA) is 44.5 Å². The Hall–Kier alpha value is -0.910. The number of likely N-dealkylation sites (tertiary alicyclic amines) is 1. The van der Waals surface area contributed by atoms with Gasteiger partial charge in [0, 0.05) is 32.4 Å². The van der Waals surface area contributed by atoms with Crippen LogP contribution in [0, 0.1) is 5.92 Å². The number of imidazole rings is 1. The van der Waals surface area contributed by atoms with Crippen molar-refractivity contribution in [2.24, 2.45) is 5.92 Å². The monoisotopic (exact) mass is 294 g/mol. The maximum Gasteiger partial charge on any atom is 0.0948 e. The summed E-state index contributed by atoms with van der Waals surface area (Å²) in [4.78, 5) is 8.73. The first kappa shape index (κ1) is 16.5. The summed E-state index contributed by atoms with van der Waals surface area (Å²) in [5.74, 6) is 0.616. The van der Waals surface area contributed by atoms with Crippen LogP contribution < -0.4 is 0 Å². The molecule has 5 heteroatoms. The van der Waals surface area contributed by atoms with Crippen molar-refractivity contribution in [3.8, 4) is 0 Å². The summed E-state index contributed by atoms with van der Waals surface area (Å²) < 4.78 is 2.24. The van der Waals surface area contributed by atoms with Gasteiger partial charge in [-0.15, -0.1) is 0 Å². The maximum atomic E-state index is 10.7. The van der Waals surface area contributed by atoms with Gasteiger partial charge in [0.25, 0.3) is 0 Å². The maximum absolute atomic E-state index is 10.7. The molecule has 1 aliphatic rings. The van der Waals surface area contributed by atoms with Crippen molar-refractivity contribution >= 4 is 0 Å². The van der Waals surface area contributed by atoms with Gasteiger partial charge in [-0.1, -0.05) is 13.8 Å². The van der Waals surface area contributed by atoms with Gasteiger partial charge in [0.15, 0.2) is 0 Å². The lowest BCUT2D eigenvalue weighted by Gasteiger charge is -2.40. The number of aromatic nitrogens is 2. The quantitative estimate of drug-likeness (QED) is 0.862. The molecule has 2 rings (SSSR count). The normalized spacial score (nSPS) is 24.1. The number of rotatable bonds is 6. The van der Waals surface area contributed by atoms with Gasteiger partial charge in [-0.2, -0.15) is 0 Å². The molecule has 0 amide bonds. The minimum absolute atomic E-state index is 0.579. The van der Waals surface area contributed by atoms with Crippen molar-refractivity contribution in [2.75, 3.05) is 33.7 Å². The fourth-order valence-electron chi connectivity index (χ4n) is 3.33. The predicted octanol–water partition coefficient (Wildman–Crippen LogP) is 1.43. The summed E-state index contributed by atoms with van der Waals surface area (Å²) in [7, 11) is 4.04. The largest absolute Gasteiger partial charge is 0.387 e. The average Bonchev–Trinajstić information content (AvgIpc) is 2.74. The van der Waals surface area contributed by atoms with Crippen LogP contribution in [-0.2, 0) is 13.1 Å². The van der Waals surface area contributed by atoms with Crippen LogP contribution in [0.15, 0.2) is 12.5 Å². The van der Waals surface area contributed by atoms with Gasteiger partial charge in [-0.25, -0.2) is 4.98 Å². The van der Waals surface area contributed by atoms with Crippen molar-refractivity contribution in [1.29, 1.82) is 0 Å². The molecule has 0 radical (unpaired) electrons. The van der Waals surface area contributed by atoms with Crippen molar-refractivity contribution in [3.05, 3.63) is 18.2 Å². The van der Waals surface area contributed by atoms with Crippen LogP contribution in [0.25, 0.3) is 0 Å². The molecular weight excluding hydrogens is 264 g/mol. The molecule has 1 saturated heterocycles. The van der Waals surface area contributed by atoms with E-state index in [4.69, 9.17) is 0 Å². The minimum Gasteiger partial charge on any atom is -0.387 e. The van der Waals surface area contributed by atoms with E-state index in [2.05, 4.69) is 33.2 Å². The highest BCUT2D eigenvalue weighted by atomic mass is 16.3. The SMILES string of the molecule is CC(C)Cn1cncc1CN1CCCC(O)(CN(C)C)C1. The zero-order chi connectivity index (χ0) is 15.5. The smallest absolute Gasteiger partial charge is 0.0948 e. The molecule has 1 aromatic rings. The van der Waals surface area contributed by atoms with Gasteiger partial charge in [-0.3, -0.25) is 4.90 Å². The molecule has 21 heavy (non-hydrogen) atoms. The van der Waals surface area contributed by atoms with Crippen molar-refractivity contribution in [3.63, 3.8) is 0 Å². The summed E-state index contributed by atoms with van der Waals surface area (Å²) in [6.07, 6.45) is 5.84. The average molecular weight is 294 g/mol. The van der Waals surface area contributed by atoms with E-state index < -0.39 is 5.60 Å². The zero-order valence-corrected chi connectivity index (χ0v) is 13.9. The van der Waals surface area contributed by atoms with Gasteiger partial charge in [-0.05, 0) is 39.4 Å². The van der Waals surface area contributed by atoms with Gasteiger partial charge >= 0.3 is 0 Å². The van der Waals surface area contributed by atoms with Gasteiger partial charge in [0.05, 0.1) is 17.6 Å². The van der Waals surface area contributed by atoms with E-state index in [-0.39, 0.29) is 0 Å². The van der Waals surface area contributed by atoms with E-state index in [0.29, 0.717) is 5.92 Å². The fourth-order valence-corrected chi connectivity index (χ4v) is 3.33. The Kier molecular flexibility index (Phi) is 5.41. The summed E-state index contributed by atoms with van der Waals surface area (Å²) in [5, 5.41) is 10.7. The molecule has 0 bridgehead atoms. The lowest BCUT2D eigenvalue weighted by atomic mass is 9.92. The fraction of sp³-hybridized carbons (Fsp3) is 0.812. The number of likely N-dealkylation sites (N-methyl/N-ethyl adjacent to an activating group) is 1. The third-order valence-corrected chi connectivity index (χ3v) is 3.99. The van der Waals surface area contributed by atoms with Crippen LogP contribution in [0.3, 0.4) is 0 Å². The zero-order valence-electron chi connectivity index (χ0n) is 13.9. The molecule has 1 aromatic heterocycles. The molecular formula is C16H30N4O. The molecule has 0 spiro atoms. The van der Waals surface area contributed by atoms with Gasteiger partial charge in [0.2, 0.25) is 0 Å². The van der Waals surface area contributed by atoms with Crippen LogP contribution >= 0.6 is 0 Å². The van der Waals surface area contributed by atoms with E-state index in [9.17, 15) is 5.11 Å². The Balaban J connectivity index is 1.98. The standard InChI is InChI=1S/C16H30N4O/c1-14(2)9-20-13-17-8-15(20)10-19-7-5-6-16(21,12-19)11-18(3)4/h8,13-14,21H,5-7,9-12H2,1-4H3. The second kappa shape index (κ2) is 6.90. The third kappa shape index (κ3) is 4.80. The van der Waals surface area contributed by atoms with Gasteiger partial charge < -0.3 is 14.6 Å². The van der Waals surface area contributed by atoms with Crippen LogP contribution in [0.2, 0.25) is 0 Å². The molecule has 1 N–H and O–H groups in total. The lowest BCUT2D eigenvalue weighted by Crippen LogP contribution is -2.53. The molecule has 1 atom stereocenters. The van der Waals surface area contributed by atoms with Crippen LogP contribution in [0.1, 0.15) is 32.4 Å². The van der Waals surface area contributed by atoms with Crippen molar-refractivity contribution in [1.82, 2.24) is 19.4 Å². The van der Waals surface area contributed by atoms with E-state index in [1.807, 2.05) is 26.6 Å². The molecule has 2 heterocycles. The molecule has 0 aliphatic carbocycles. The number of hydrogen-bond donors (Lipinski definition) is 1. The summed E-state index contributed by atoms with van der Waals surface area (Å²) in [6, 6.07) is 0. The minimum atomic E-state index is -0.579. The molecule has 0 saturated carbocycles. The highest BCUT2D eigenvalue weighted by Crippen LogP contribution is 2.23. The number of nitrogens with zero attached hydrogens (tertiary/aromatic N) is 4. The van der Waals surface area contributed by atoms with E-state index >= 15 is 0 Å². The summed E-state index contributed by atoms with van der Waals surface area (Å²) >= 11 is 0. The Morgan fingerprint density at radius 1 is 1.43 bits per heavy atom. The molecule has 1 aliphatic heterocycles. The van der Waals surface area contributed by atoms with Crippen LogP contribution in [-0.4, -0.2) is 63.8 Å². The lowest BCUT2D eigenvalue weighted by molar-refractivity contribution is -0.0484. The predicted molar refractivity (Wildman–Crippen MR) is 85.1 cm³/mol. The Labute approximate surface area is 128 Å². The molecule has 5 nitrogen and oxygen atoms in total. The molecule has 1 fully saturated rings. The second-order valence-corrected chi connectivity index (χ2v) is 7.21. The Morgan fingerprint density at radius 3 is 2.86 bits per heavy atom. The first-order valence-electron chi connectivity index (χ1n) is 7.96. The van der Waals surface area contributed by atoms with Crippen molar-refractivity contribution < 1.29 is 5.11 Å². The summed E-state index contributed by atoms with van der Waals surface area (Å²) in [6.45, 7) is 8.87. The first-order valence-corrected chi connectivity index (χ1v) is 7.96. The number of aliphatic hydroxyl groups is 1. The van der Waals surface area contributed by atoms with E-state index in [1.165, 1.54) is 5.69 Å². The van der Waals surface area contributed by atoms with E-state index in [0.717, 1.165) is 45.6 Å². The van der Waals surface area contributed by atoms with Crippen LogP contribution in [0.4, 0.5) is 0 Å². The Bertz CT molecular complexity index is 443. The Morgan fingerprint density at radius 2 is 2.19 bits per heavy atom. The molecule has 0 aromatic carbocycles. The highest BCUT2D eigenvalue weighted by Gasteiger charge is 2.33. The van der Waals surface area contributed by atoms with Crippen LogP contribution in [0.5, 0.6) is 0 Å². The van der Waals surface area contributed by atoms with Crippen molar-refractivity contribution in [2.45, 2.75) is 45.4 Å². The third-order valence-electron chi connectivity index (χ3n) is 3.99. The number of β-amino-alcohol motifs (C(OH)–C–C–N with tert-alkyl or cyclic N) is 1. The van der Waals surface area contributed by atoms with Gasteiger partial charge in [0.1, 0.15) is 0 Å². The number of hydrogen-bond acceptors (Lipinski definition) is 4. The second-order valence-electron chi connectivity index (χ2n) is 7.21. The molecule has 120 valence electrons.